The van der Waals surface area contributed by atoms with Crippen LogP contribution in [0, 0.1) is 0 Å². The van der Waals surface area contributed by atoms with E-state index in [-0.39, 0.29) is 5.91 Å². The molecule has 18 heavy (non-hydrogen) atoms. The molecule has 3 N–H and O–H groups in total. The first-order valence-electron chi connectivity index (χ1n) is 6.04. The largest absolute Gasteiger partial charge is 0.382 e. The van der Waals surface area contributed by atoms with Crippen LogP contribution in [-0.2, 0) is 0 Å². The lowest BCUT2D eigenvalue weighted by Gasteiger charge is -2.16. The second-order valence-electron chi connectivity index (χ2n) is 3.72. The van der Waals surface area contributed by atoms with Gasteiger partial charge in [0.1, 0.15) is 10.7 Å². The summed E-state index contributed by atoms with van der Waals surface area (Å²) in [6.45, 7) is 9.96. The third kappa shape index (κ3) is 3.46. The second kappa shape index (κ2) is 7.00. The van der Waals surface area contributed by atoms with E-state index in [4.69, 9.17) is 5.73 Å². The van der Waals surface area contributed by atoms with Crippen molar-refractivity contribution in [1.29, 1.82) is 0 Å². The number of hydrogen-bond donors (Lipinski definition) is 2. The number of carbonyl (C=O) groups is 1. The summed E-state index contributed by atoms with van der Waals surface area (Å²) < 4.78 is 0. The molecule has 1 amide bonds. The lowest BCUT2D eigenvalue weighted by molar-refractivity contribution is 0.0959. The number of carbonyl (C=O) groups excluding carboxylic acids is 1. The monoisotopic (exact) mass is 268 g/mol. The zero-order chi connectivity index (χ0) is 13.5. The van der Waals surface area contributed by atoms with Crippen LogP contribution in [0.4, 0.5) is 10.9 Å². The van der Waals surface area contributed by atoms with Gasteiger partial charge in [-0.15, -0.1) is 6.58 Å². The van der Waals surface area contributed by atoms with E-state index < -0.39 is 0 Å². The number of amides is 1. The van der Waals surface area contributed by atoms with Crippen LogP contribution in [0.1, 0.15) is 29.9 Å². The van der Waals surface area contributed by atoms with E-state index in [1.54, 1.807) is 6.08 Å². The van der Waals surface area contributed by atoms with Gasteiger partial charge in [-0.1, -0.05) is 17.4 Å². The maximum Gasteiger partial charge on any atom is 0.265 e. The Bertz CT molecular complexity index is 412. The maximum absolute atomic E-state index is 11.9. The molecule has 100 valence electrons. The van der Waals surface area contributed by atoms with Crippen LogP contribution in [-0.4, -0.2) is 30.5 Å². The second-order valence-corrected chi connectivity index (χ2v) is 4.69. The molecule has 0 atom stereocenters. The molecule has 0 spiro atoms. The van der Waals surface area contributed by atoms with E-state index in [1.807, 2.05) is 13.8 Å². The van der Waals surface area contributed by atoms with E-state index in [2.05, 4.69) is 21.8 Å². The normalized spacial score (nSPS) is 10.1. The van der Waals surface area contributed by atoms with Gasteiger partial charge in [0.2, 0.25) is 0 Å². The van der Waals surface area contributed by atoms with Gasteiger partial charge < -0.3 is 16.0 Å². The van der Waals surface area contributed by atoms with Crippen molar-refractivity contribution in [3.05, 3.63) is 17.5 Å². The molecule has 0 aliphatic carbocycles. The van der Waals surface area contributed by atoms with Crippen LogP contribution >= 0.6 is 11.3 Å². The number of nitrogens with one attached hydrogen (secondary N) is 1. The molecular weight excluding hydrogens is 248 g/mol. The topological polar surface area (TPSA) is 71.2 Å². The van der Waals surface area contributed by atoms with Gasteiger partial charge in [0, 0.05) is 19.6 Å². The molecular formula is C12H20N4OS. The zero-order valence-corrected chi connectivity index (χ0v) is 11.7. The highest BCUT2D eigenvalue weighted by molar-refractivity contribution is 7.18. The molecule has 1 rings (SSSR count). The number of aromatic nitrogens is 1. The van der Waals surface area contributed by atoms with E-state index >= 15 is 0 Å². The summed E-state index contributed by atoms with van der Waals surface area (Å²) in [7, 11) is 0. The van der Waals surface area contributed by atoms with Crippen molar-refractivity contribution in [3.63, 3.8) is 0 Å². The van der Waals surface area contributed by atoms with Crippen LogP contribution in [0.25, 0.3) is 0 Å². The molecule has 0 aliphatic rings. The lowest BCUT2D eigenvalue weighted by Crippen LogP contribution is -2.24. The number of thiazole rings is 1. The molecule has 1 aromatic heterocycles. The summed E-state index contributed by atoms with van der Waals surface area (Å²) in [5, 5.41) is 3.59. The molecule has 5 nitrogen and oxygen atoms in total. The van der Waals surface area contributed by atoms with Gasteiger partial charge in [-0.05, 0) is 20.3 Å². The molecule has 1 heterocycles. The predicted molar refractivity (Wildman–Crippen MR) is 77.2 cm³/mol. The van der Waals surface area contributed by atoms with Crippen LogP contribution in [0.3, 0.4) is 0 Å². The highest BCUT2D eigenvalue weighted by Gasteiger charge is 2.17. The molecule has 1 aromatic rings. The quantitative estimate of drug-likeness (QED) is 0.585. The summed E-state index contributed by atoms with van der Waals surface area (Å²) in [5.41, 5.74) is 5.79. The fraction of sp³-hybridized carbons (Fsp3) is 0.500. The Morgan fingerprint density at radius 1 is 1.56 bits per heavy atom. The van der Waals surface area contributed by atoms with Crippen LogP contribution in [0.5, 0.6) is 0 Å². The van der Waals surface area contributed by atoms with E-state index in [0.717, 1.165) is 24.6 Å². The first kappa shape index (κ1) is 14.5. The molecule has 0 aliphatic heterocycles. The number of nitrogen functional groups attached to an aromatic ring is 1. The van der Waals surface area contributed by atoms with Crippen molar-refractivity contribution in [1.82, 2.24) is 10.3 Å². The first-order valence-corrected chi connectivity index (χ1v) is 6.86. The minimum atomic E-state index is -0.162. The predicted octanol–water partition coefficient (Wildman–Crippen LogP) is 1.88. The van der Waals surface area contributed by atoms with Gasteiger partial charge in [-0.25, -0.2) is 4.98 Å². The lowest BCUT2D eigenvalue weighted by atomic mass is 10.4. The van der Waals surface area contributed by atoms with Gasteiger partial charge >= 0.3 is 0 Å². The third-order valence-electron chi connectivity index (χ3n) is 2.52. The minimum absolute atomic E-state index is 0.162. The highest BCUT2D eigenvalue weighted by Crippen LogP contribution is 2.27. The molecule has 0 saturated heterocycles. The number of anilines is 2. The number of nitrogens with zero attached hydrogens (tertiary/aromatic N) is 2. The average Bonchev–Trinajstić information content (AvgIpc) is 2.73. The Morgan fingerprint density at radius 3 is 2.78 bits per heavy atom. The van der Waals surface area contributed by atoms with Crippen molar-refractivity contribution in [2.24, 2.45) is 0 Å². The van der Waals surface area contributed by atoms with Crippen molar-refractivity contribution < 1.29 is 4.79 Å². The van der Waals surface area contributed by atoms with Gasteiger partial charge in [0.25, 0.3) is 5.91 Å². The fourth-order valence-corrected chi connectivity index (χ4v) is 2.51. The molecule has 0 radical (unpaired) electrons. The van der Waals surface area contributed by atoms with Crippen molar-refractivity contribution >= 4 is 28.2 Å². The Kier molecular flexibility index (Phi) is 5.64. The molecule has 0 fully saturated rings. The minimum Gasteiger partial charge on any atom is -0.382 e. The number of nitrogens with two attached hydrogens (primary N) is 1. The SMILES string of the molecule is C=CCCNC(=O)c1sc(N(CC)CC)nc1N. The van der Waals surface area contributed by atoms with E-state index in [0.29, 0.717) is 17.2 Å². The molecule has 0 bridgehead atoms. The van der Waals surface area contributed by atoms with Gasteiger partial charge in [0.05, 0.1) is 0 Å². The summed E-state index contributed by atoms with van der Waals surface area (Å²) >= 11 is 1.33. The molecule has 0 aromatic carbocycles. The number of rotatable bonds is 7. The van der Waals surface area contributed by atoms with Crippen molar-refractivity contribution in [2.75, 3.05) is 30.3 Å². The summed E-state index contributed by atoms with van der Waals surface area (Å²) in [6.07, 6.45) is 2.50. The van der Waals surface area contributed by atoms with Crippen molar-refractivity contribution in [2.45, 2.75) is 20.3 Å². The maximum atomic E-state index is 11.9. The summed E-state index contributed by atoms with van der Waals surface area (Å²) in [5.74, 6) is 0.142. The Labute approximate surface area is 112 Å². The molecule has 6 heteroatoms. The van der Waals surface area contributed by atoms with E-state index in [9.17, 15) is 4.79 Å². The smallest absolute Gasteiger partial charge is 0.265 e. The van der Waals surface area contributed by atoms with E-state index in [1.165, 1.54) is 11.3 Å². The third-order valence-corrected chi connectivity index (χ3v) is 3.65. The van der Waals surface area contributed by atoms with Gasteiger partial charge in [-0.3, -0.25) is 4.79 Å². The zero-order valence-electron chi connectivity index (χ0n) is 10.9. The summed E-state index contributed by atoms with van der Waals surface area (Å²) in [4.78, 5) is 18.7. The Morgan fingerprint density at radius 2 is 2.22 bits per heavy atom. The van der Waals surface area contributed by atoms with Crippen LogP contribution < -0.4 is 16.0 Å². The van der Waals surface area contributed by atoms with Gasteiger partial charge in [0.15, 0.2) is 5.13 Å². The highest BCUT2D eigenvalue weighted by atomic mass is 32.1. The van der Waals surface area contributed by atoms with Crippen LogP contribution in [0.15, 0.2) is 12.7 Å². The van der Waals surface area contributed by atoms with Crippen LogP contribution in [0.2, 0.25) is 0 Å². The number of hydrogen-bond acceptors (Lipinski definition) is 5. The Hall–Kier alpha value is -1.56. The fourth-order valence-electron chi connectivity index (χ4n) is 1.48. The molecule has 0 saturated carbocycles. The standard InChI is InChI=1S/C12H20N4OS/c1-4-7-8-14-11(17)9-10(13)15-12(18-9)16(5-2)6-3/h4H,1,5-8,13H2,2-3H3,(H,14,17). The average molecular weight is 268 g/mol. The van der Waals surface area contributed by atoms with Crippen molar-refractivity contribution in [3.8, 4) is 0 Å². The first-order chi connectivity index (χ1) is 8.63. The van der Waals surface area contributed by atoms with Gasteiger partial charge in [-0.2, -0.15) is 0 Å². The Balaban J connectivity index is 2.77. The molecule has 0 unspecified atom stereocenters. The summed E-state index contributed by atoms with van der Waals surface area (Å²) in [6, 6.07) is 0.